The molecule has 8 nitrogen and oxygen atoms in total. The van der Waals surface area contributed by atoms with Crippen LogP contribution in [0.15, 0.2) is 29.8 Å². The lowest BCUT2D eigenvalue weighted by atomic mass is 9.56. The highest BCUT2D eigenvalue weighted by Crippen LogP contribution is 2.67. The van der Waals surface area contributed by atoms with Crippen LogP contribution in [0.5, 0.6) is 11.5 Å². The Morgan fingerprint density at radius 2 is 1.55 bits per heavy atom. The monoisotopic (exact) mass is 658 g/mol. The van der Waals surface area contributed by atoms with Crippen molar-refractivity contribution in [3.05, 3.63) is 64.5 Å². The second-order valence-electron chi connectivity index (χ2n) is 11.1. The molecule has 2 aliphatic carbocycles. The number of anilines is 1. The molecule has 2 heterocycles. The number of allylic oxidation sites excluding steroid dienone is 2. The molecule has 0 spiro atoms. The van der Waals surface area contributed by atoms with E-state index in [1.54, 1.807) is 6.92 Å². The lowest BCUT2D eigenvalue weighted by Gasteiger charge is -2.50. The normalized spacial score (nSPS) is 31.2. The fourth-order valence-corrected chi connectivity index (χ4v) is 8.04. The summed E-state index contributed by atoms with van der Waals surface area (Å²) in [6.07, 6.45) is 0.906. The molecule has 2 saturated heterocycles. The number of halogens is 7. The quantitative estimate of drug-likeness (QED) is 0.128. The van der Waals surface area contributed by atoms with Gasteiger partial charge in [0.25, 0.3) is 11.8 Å². The number of rotatable bonds is 4. The van der Waals surface area contributed by atoms with Crippen molar-refractivity contribution >= 4 is 52.5 Å². The molecule has 2 aromatic carbocycles. The number of hydrogen-bond acceptors (Lipinski definition) is 6. The molecule has 2 aromatic rings. The minimum Gasteiger partial charge on any atom is -0.504 e. The highest BCUT2D eigenvalue weighted by molar-refractivity contribution is 6.58. The topological polar surface area (TPSA) is 104 Å². The van der Waals surface area contributed by atoms with Gasteiger partial charge in [-0.25, -0.2) is 26.9 Å². The summed E-state index contributed by atoms with van der Waals surface area (Å²) in [6.45, 7) is 1.72. The van der Waals surface area contributed by atoms with Gasteiger partial charge in [-0.2, -0.15) is 0 Å². The van der Waals surface area contributed by atoms with Crippen molar-refractivity contribution in [1.82, 2.24) is 4.90 Å². The number of carbonyl (C=O) groups is 4. The van der Waals surface area contributed by atoms with Gasteiger partial charge in [0, 0.05) is 18.5 Å². The number of nitrogens with zero attached hydrogens (tertiary/aromatic N) is 2. The van der Waals surface area contributed by atoms with E-state index in [-0.39, 0.29) is 34.8 Å². The Hall–Kier alpha value is -3.71. The maximum absolute atomic E-state index is 15.1. The predicted molar refractivity (Wildman–Crippen MR) is 143 cm³/mol. The van der Waals surface area contributed by atoms with Gasteiger partial charge in [-0.3, -0.25) is 24.1 Å². The summed E-state index contributed by atoms with van der Waals surface area (Å²) < 4.78 is 78.0. The van der Waals surface area contributed by atoms with Gasteiger partial charge < -0.3 is 9.84 Å². The van der Waals surface area contributed by atoms with Crippen LogP contribution in [0, 0.1) is 46.8 Å². The maximum atomic E-state index is 15.1. The number of hydrogen-bond donors (Lipinski definition) is 1. The summed E-state index contributed by atoms with van der Waals surface area (Å²) >= 11 is 14.0. The van der Waals surface area contributed by atoms with E-state index in [0.29, 0.717) is 0 Å². The summed E-state index contributed by atoms with van der Waals surface area (Å²) in [5.41, 5.74) is -1.78. The van der Waals surface area contributed by atoms with Gasteiger partial charge in [0.05, 0.1) is 18.4 Å². The SMILES string of the molecule is CCOc1cccc(C2C3=CCC4C(=O)N(C)C(=O)C4C3CC3(Cl)C(=O)N(c4c(F)c(F)c(F)c(F)c4F)C(=O)C23Cl)c1O. The number of ether oxygens (including phenoxy) is 1. The molecular formula is C29H21Cl2F5N2O6. The fourth-order valence-electron chi connectivity index (χ4n) is 7.11. The Bertz CT molecular complexity index is 1710. The first-order chi connectivity index (χ1) is 20.6. The highest BCUT2D eigenvalue weighted by Gasteiger charge is 2.77. The highest BCUT2D eigenvalue weighted by atomic mass is 35.5. The number of benzene rings is 2. The lowest BCUT2D eigenvalue weighted by molar-refractivity contribution is -0.138. The van der Waals surface area contributed by atoms with E-state index in [2.05, 4.69) is 0 Å². The van der Waals surface area contributed by atoms with Crippen molar-refractivity contribution in [2.24, 2.45) is 17.8 Å². The smallest absolute Gasteiger partial charge is 0.258 e. The second-order valence-corrected chi connectivity index (χ2v) is 12.3. The van der Waals surface area contributed by atoms with Gasteiger partial charge in [0.15, 0.2) is 44.5 Å². The van der Waals surface area contributed by atoms with Crippen molar-refractivity contribution in [2.45, 2.75) is 35.4 Å². The largest absolute Gasteiger partial charge is 0.504 e. The van der Waals surface area contributed by atoms with Crippen LogP contribution in [0.25, 0.3) is 0 Å². The Morgan fingerprint density at radius 3 is 2.16 bits per heavy atom. The van der Waals surface area contributed by atoms with Crippen molar-refractivity contribution in [3.8, 4) is 11.5 Å². The minimum absolute atomic E-state index is 0.000424. The van der Waals surface area contributed by atoms with Crippen LogP contribution in [0.4, 0.5) is 27.6 Å². The first-order valence-corrected chi connectivity index (χ1v) is 14.1. The molecule has 0 radical (unpaired) electrons. The van der Waals surface area contributed by atoms with E-state index < -0.39 is 104 Å². The van der Waals surface area contributed by atoms with Gasteiger partial charge in [-0.1, -0.05) is 23.8 Å². The van der Waals surface area contributed by atoms with Crippen LogP contribution < -0.4 is 9.64 Å². The predicted octanol–water partition coefficient (Wildman–Crippen LogP) is 4.68. The average molecular weight is 659 g/mol. The molecule has 44 heavy (non-hydrogen) atoms. The number of phenolic OH excluding ortho intramolecular Hbond substituents is 1. The van der Waals surface area contributed by atoms with Crippen LogP contribution in [-0.4, -0.2) is 57.0 Å². The summed E-state index contributed by atoms with van der Waals surface area (Å²) in [5, 5.41) is 11.3. The third-order valence-corrected chi connectivity index (χ3v) is 10.5. The van der Waals surface area contributed by atoms with Crippen molar-refractivity contribution in [2.75, 3.05) is 18.6 Å². The number of phenols is 1. The molecule has 6 unspecified atom stereocenters. The van der Waals surface area contributed by atoms with Crippen LogP contribution >= 0.6 is 23.2 Å². The Morgan fingerprint density at radius 1 is 0.932 bits per heavy atom. The number of aromatic hydroxyl groups is 1. The van der Waals surface area contributed by atoms with Crippen LogP contribution in [0.2, 0.25) is 0 Å². The molecule has 15 heteroatoms. The first kappa shape index (κ1) is 30.3. The molecule has 0 aromatic heterocycles. The Labute approximate surface area is 255 Å². The number of para-hydroxylation sites is 1. The van der Waals surface area contributed by atoms with Crippen LogP contribution in [0.1, 0.15) is 31.2 Å². The minimum atomic E-state index is -2.74. The lowest BCUT2D eigenvalue weighted by Crippen LogP contribution is -2.60. The third-order valence-electron chi connectivity index (χ3n) is 9.08. The van der Waals surface area contributed by atoms with Gasteiger partial charge in [-0.15, -0.1) is 23.2 Å². The van der Waals surface area contributed by atoms with E-state index in [1.807, 2.05) is 0 Å². The Balaban J connectivity index is 1.63. The van der Waals surface area contributed by atoms with Crippen molar-refractivity contribution in [3.63, 3.8) is 0 Å². The number of carbonyl (C=O) groups excluding carboxylic acids is 4. The molecule has 232 valence electrons. The van der Waals surface area contributed by atoms with Gasteiger partial charge in [0.2, 0.25) is 17.6 Å². The zero-order chi connectivity index (χ0) is 32.2. The number of amides is 4. The average Bonchev–Trinajstić information content (AvgIpc) is 3.30. The van der Waals surface area contributed by atoms with Crippen molar-refractivity contribution < 1.29 is 51.0 Å². The molecule has 3 fully saturated rings. The molecule has 2 aliphatic heterocycles. The van der Waals surface area contributed by atoms with E-state index in [1.165, 1.54) is 31.3 Å². The summed E-state index contributed by atoms with van der Waals surface area (Å²) in [4.78, 5) is 49.7. The van der Waals surface area contributed by atoms with Gasteiger partial charge >= 0.3 is 0 Å². The molecule has 4 amide bonds. The zero-order valence-corrected chi connectivity index (χ0v) is 24.3. The molecule has 6 rings (SSSR count). The fraction of sp³-hybridized carbons (Fsp3) is 0.379. The standard InChI is InChI=1S/C29H21Cl2F5N2O6/c1-3-44-14-6-4-5-12(23(14)39)16-10-7-8-11-15(25(41)37(2)24(11)40)13(10)9-28(30)26(42)38(27(43)29(16,28)31)22-20(35)18(33)17(32)19(34)21(22)36/h4-7,11,13,15-16,39H,3,8-9H2,1-2H3. The maximum Gasteiger partial charge on any atom is 0.258 e. The molecule has 6 atom stereocenters. The van der Waals surface area contributed by atoms with E-state index >= 15 is 8.78 Å². The summed E-state index contributed by atoms with van der Waals surface area (Å²) in [6, 6.07) is 4.14. The number of fused-ring (bicyclic) bond motifs is 4. The van der Waals surface area contributed by atoms with E-state index in [0.717, 1.165) is 4.90 Å². The molecule has 4 aliphatic rings. The van der Waals surface area contributed by atoms with Gasteiger partial charge in [-0.05, 0) is 31.7 Å². The molecule has 1 saturated carbocycles. The molecular weight excluding hydrogens is 638 g/mol. The Kier molecular flexibility index (Phi) is 6.82. The number of alkyl halides is 2. The second kappa shape index (κ2) is 9.90. The van der Waals surface area contributed by atoms with E-state index in [4.69, 9.17) is 27.9 Å². The number of likely N-dealkylation sites (tertiary alicyclic amines) is 1. The molecule has 0 bridgehead atoms. The van der Waals surface area contributed by atoms with Crippen LogP contribution in [-0.2, 0) is 19.2 Å². The molecule has 1 N–H and O–H groups in total. The third kappa shape index (κ3) is 3.56. The van der Waals surface area contributed by atoms with Crippen LogP contribution in [0.3, 0.4) is 0 Å². The first-order valence-electron chi connectivity index (χ1n) is 13.4. The summed E-state index contributed by atoms with van der Waals surface area (Å²) in [7, 11) is 1.28. The van der Waals surface area contributed by atoms with Gasteiger partial charge in [0.1, 0.15) is 5.69 Å². The summed E-state index contributed by atoms with van der Waals surface area (Å²) in [5.74, 6) is -21.9. The van der Waals surface area contributed by atoms with Crippen molar-refractivity contribution in [1.29, 1.82) is 0 Å². The zero-order valence-electron chi connectivity index (χ0n) is 22.8. The van der Waals surface area contributed by atoms with E-state index in [9.17, 15) is 37.5 Å². The number of imide groups is 2.